The highest BCUT2D eigenvalue weighted by Gasteiger charge is 2.23. The number of ketones is 1. The molecule has 156 valence electrons. The number of nitrogens with one attached hydrogen (secondary N) is 1. The van der Waals surface area contributed by atoms with E-state index in [-0.39, 0.29) is 28.3 Å². The quantitative estimate of drug-likeness (QED) is 0.513. The number of aryl methyl sites for hydroxylation is 1. The zero-order chi connectivity index (χ0) is 21.7. The van der Waals surface area contributed by atoms with Gasteiger partial charge in [0.2, 0.25) is 5.91 Å². The number of rotatable bonds is 8. The van der Waals surface area contributed by atoms with Gasteiger partial charge in [0.1, 0.15) is 10.7 Å². The van der Waals surface area contributed by atoms with E-state index >= 15 is 0 Å². The highest BCUT2D eigenvalue weighted by atomic mass is 35.5. The number of carbonyl (C=O) groups is 3. The van der Waals surface area contributed by atoms with E-state index in [0.29, 0.717) is 29.4 Å². The Balaban J connectivity index is 1.99. The summed E-state index contributed by atoms with van der Waals surface area (Å²) in [5.74, 6) is -0.982. The van der Waals surface area contributed by atoms with Crippen LogP contribution in [-0.2, 0) is 16.1 Å². The smallest absolute Gasteiger partial charge is 0.343 e. The molecule has 0 saturated carbocycles. The van der Waals surface area contributed by atoms with Gasteiger partial charge < -0.3 is 10.1 Å². The van der Waals surface area contributed by atoms with Gasteiger partial charge in [0.15, 0.2) is 12.4 Å². The van der Waals surface area contributed by atoms with Crippen molar-refractivity contribution in [1.82, 2.24) is 9.78 Å². The van der Waals surface area contributed by atoms with Gasteiger partial charge in [0.05, 0.1) is 5.69 Å². The summed E-state index contributed by atoms with van der Waals surface area (Å²) in [5, 5.41) is 7.22. The number of carbonyl (C=O) groups excluding carboxylic acids is 3. The maximum Gasteiger partial charge on any atom is 0.343 e. The number of halogens is 1. The molecule has 0 unspecified atom stereocenters. The number of hydrogen-bond donors (Lipinski definition) is 1. The van der Waals surface area contributed by atoms with Crippen LogP contribution in [0.4, 0.5) is 5.69 Å². The molecular formula is C21H26ClN3O4. The number of aromatic nitrogens is 2. The number of hydrogen-bond acceptors (Lipinski definition) is 5. The minimum Gasteiger partial charge on any atom is -0.454 e. The molecular weight excluding hydrogens is 394 g/mol. The van der Waals surface area contributed by atoms with Crippen molar-refractivity contribution < 1.29 is 19.1 Å². The molecule has 1 aromatic carbocycles. The zero-order valence-corrected chi connectivity index (χ0v) is 18.0. The van der Waals surface area contributed by atoms with E-state index in [2.05, 4.69) is 10.4 Å². The second-order valence-electron chi connectivity index (χ2n) is 7.55. The van der Waals surface area contributed by atoms with Crippen molar-refractivity contribution in [3.63, 3.8) is 0 Å². The summed E-state index contributed by atoms with van der Waals surface area (Å²) in [6.07, 6.45) is 0. The Morgan fingerprint density at radius 1 is 1.14 bits per heavy atom. The van der Waals surface area contributed by atoms with E-state index in [1.54, 1.807) is 49.7 Å². The fraction of sp³-hybridized carbons (Fsp3) is 0.429. The van der Waals surface area contributed by atoms with Crippen LogP contribution in [0.15, 0.2) is 24.3 Å². The summed E-state index contributed by atoms with van der Waals surface area (Å²) in [6.45, 7) is 9.45. The van der Waals surface area contributed by atoms with Crippen molar-refractivity contribution in [2.45, 2.75) is 41.2 Å². The molecule has 8 heteroatoms. The normalized spacial score (nSPS) is 11.0. The van der Waals surface area contributed by atoms with Crippen LogP contribution in [0.2, 0.25) is 5.15 Å². The van der Waals surface area contributed by atoms with Gasteiger partial charge in [-0.05, 0) is 37.1 Å². The fourth-order valence-electron chi connectivity index (χ4n) is 2.56. The van der Waals surface area contributed by atoms with Crippen LogP contribution in [0, 0.1) is 18.8 Å². The second kappa shape index (κ2) is 9.69. The number of benzene rings is 1. The molecule has 0 spiro atoms. The van der Waals surface area contributed by atoms with E-state index in [9.17, 15) is 14.4 Å². The number of amides is 1. The van der Waals surface area contributed by atoms with Gasteiger partial charge in [-0.15, -0.1) is 0 Å². The fourth-order valence-corrected chi connectivity index (χ4v) is 2.89. The largest absolute Gasteiger partial charge is 0.454 e. The molecule has 2 rings (SSSR count). The van der Waals surface area contributed by atoms with Crippen molar-refractivity contribution in [3.05, 3.63) is 46.2 Å². The topological polar surface area (TPSA) is 90.3 Å². The van der Waals surface area contributed by atoms with E-state index < -0.39 is 12.6 Å². The number of esters is 1. The molecule has 0 aliphatic rings. The maximum atomic E-state index is 12.4. The molecule has 0 radical (unpaired) electrons. The molecule has 29 heavy (non-hydrogen) atoms. The maximum absolute atomic E-state index is 12.4. The van der Waals surface area contributed by atoms with Gasteiger partial charge >= 0.3 is 5.97 Å². The van der Waals surface area contributed by atoms with Crippen LogP contribution in [0.1, 0.15) is 54.1 Å². The Bertz CT molecular complexity index is 901. The van der Waals surface area contributed by atoms with Crippen LogP contribution >= 0.6 is 11.6 Å². The number of anilines is 1. The van der Waals surface area contributed by atoms with E-state index in [1.165, 1.54) is 0 Å². The van der Waals surface area contributed by atoms with E-state index in [1.807, 2.05) is 13.8 Å². The van der Waals surface area contributed by atoms with Crippen molar-refractivity contribution in [2.75, 3.05) is 11.9 Å². The monoisotopic (exact) mass is 419 g/mol. The summed E-state index contributed by atoms with van der Waals surface area (Å²) in [7, 11) is 0. The highest BCUT2D eigenvalue weighted by Crippen LogP contribution is 2.22. The summed E-state index contributed by atoms with van der Waals surface area (Å²) in [5.41, 5.74) is 1.60. The lowest BCUT2D eigenvalue weighted by molar-refractivity contribution is -0.118. The SMILES string of the molecule is Cc1nn(CC(C)C)c(Cl)c1C(=O)OCC(=O)c1ccc(NC(=O)C(C)C)cc1. The molecule has 1 amide bonds. The minimum atomic E-state index is -0.684. The third-order valence-electron chi connectivity index (χ3n) is 4.14. The lowest BCUT2D eigenvalue weighted by atomic mass is 10.1. The van der Waals surface area contributed by atoms with Crippen LogP contribution in [-0.4, -0.2) is 34.0 Å². The number of nitrogens with zero attached hydrogens (tertiary/aromatic N) is 2. The van der Waals surface area contributed by atoms with Gasteiger partial charge in [-0.25, -0.2) is 4.79 Å². The van der Waals surface area contributed by atoms with Gasteiger partial charge in [0, 0.05) is 23.7 Å². The Morgan fingerprint density at radius 2 is 1.76 bits per heavy atom. The summed E-state index contributed by atoms with van der Waals surface area (Å²) in [4.78, 5) is 36.4. The van der Waals surface area contributed by atoms with Crippen molar-refractivity contribution in [2.24, 2.45) is 11.8 Å². The first-order chi connectivity index (χ1) is 13.6. The van der Waals surface area contributed by atoms with Gasteiger partial charge in [-0.3, -0.25) is 14.3 Å². The van der Waals surface area contributed by atoms with Crippen molar-refractivity contribution in [3.8, 4) is 0 Å². The Labute approximate surface area is 175 Å². The van der Waals surface area contributed by atoms with Crippen molar-refractivity contribution >= 4 is 34.9 Å². The summed E-state index contributed by atoms with van der Waals surface area (Å²) in [6, 6.07) is 6.41. The summed E-state index contributed by atoms with van der Waals surface area (Å²) >= 11 is 6.26. The lowest BCUT2D eigenvalue weighted by Crippen LogP contribution is -2.18. The van der Waals surface area contributed by atoms with E-state index in [0.717, 1.165) is 0 Å². The first-order valence-electron chi connectivity index (χ1n) is 9.44. The molecule has 0 aliphatic heterocycles. The molecule has 1 N–H and O–H groups in total. The third-order valence-corrected chi connectivity index (χ3v) is 4.52. The molecule has 1 heterocycles. The molecule has 0 fully saturated rings. The van der Waals surface area contributed by atoms with Crippen LogP contribution < -0.4 is 5.32 Å². The number of Topliss-reactive ketones (excluding diaryl/α,β-unsaturated/α-hetero) is 1. The molecule has 0 atom stereocenters. The lowest BCUT2D eigenvalue weighted by Gasteiger charge is -2.09. The average molecular weight is 420 g/mol. The average Bonchev–Trinajstić information content (AvgIpc) is 2.92. The van der Waals surface area contributed by atoms with Gasteiger partial charge in [0.25, 0.3) is 0 Å². The first-order valence-corrected chi connectivity index (χ1v) is 9.82. The van der Waals surface area contributed by atoms with Crippen LogP contribution in [0.25, 0.3) is 0 Å². The Kier molecular flexibility index (Phi) is 7.56. The van der Waals surface area contributed by atoms with E-state index in [4.69, 9.17) is 16.3 Å². The van der Waals surface area contributed by atoms with Crippen molar-refractivity contribution in [1.29, 1.82) is 0 Å². The van der Waals surface area contributed by atoms with Crippen LogP contribution in [0.3, 0.4) is 0 Å². The van der Waals surface area contributed by atoms with Gasteiger partial charge in [-0.2, -0.15) is 5.10 Å². The Morgan fingerprint density at radius 3 is 2.31 bits per heavy atom. The molecule has 0 bridgehead atoms. The molecule has 0 aliphatic carbocycles. The predicted molar refractivity (Wildman–Crippen MR) is 111 cm³/mol. The standard InChI is InChI=1S/C21H26ClN3O4/c1-12(2)10-25-19(22)18(14(5)24-25)21(28)29-11-17(26)15-6-8-16(9-7-15)23-20(27)13(3)4/h6-9,12-13H,10-11H2,1-5H3,(H,23,27). The third kappa shape index (κ3) is 5.90. The second-order valence-corrected chi connectivity index (χ2v) is 7.91. The first kappa shape index (κ1) is 22.6. The summed E-state index contributed by atoms with van der Waals surface area (Å²) < 4.78 is 6.71. The van der Waals surface area contributed by atoms with Gasteiger partial charge in [-0.1, -0.05) is 39.3 Å². The highest BCUT2D eigenvalue weighted by molar-refractivity contribution is 6.32. The predicted octanol–water partition coefficient (Wildman–Crippen LogP) is 4.14. The van der Waals surface area contributed by atoms with Crippen LogP contribution in [0.5, 0.6) is 0 Å². The zero-order valence-electron chi connectivity index (χ0n) is 17.3. The molecule has 7 nitrogen and oxygen atoms in total. The number of ether oxygens (including phenoxy) is 1. The molecule has 0 saturated heterocycles. The Hall–Kier alpha value is -2.67. The minimum absolute atomic E-state index is 0.108. The molecule has 2 aromatic rings. The molecule has 1 aromatic heterocycles.